The molecule has 1 aliphatic heterocycles. The van der Waals surface area contributed by atoms with Crippen molar-refractivity contribution in [3.8, 4) is 0 Å². The molecule has 0 saturated carbocycles. The maximum atomic E-state index is 13.5. The molecule has 13 heteroatoms. The van der Waals surface area contributed by atoms with E-state index in [1.54, 1.807) is 43.1 Å². The molecule has 1 fully saturated rings. The molecule has 4 rings (SSSR count). The SMILES string of the molecule is Cc1cc(Nc2ccc(F)cc2)c(C=N)cc1[C@H]1CN(S(=O)(=O)c2ccn(C)n2)CCN1CC(C)C(F)(F)F. The predicted molar refractivity (Wildman–Crippen MR) is 140 cm³/mol. The second-order valence-electron chi connectivity index (χ2n) is 9.72. The molecule has 0 spiro atoms. The van der Waals surface area contributed by atoms with Crippen molar-refractivity contribution in [1.29, 1.82) is 5.41 Å². The number of aryl methyl sites for hydroxylation is 2. The number of hydrogen-bond donors (Lipinski definition) is 2. The maximum Gasteiger partial charge on any atom is 0.392 e. The quantitative estimate of drug-likeness (QED) is 0.300. The van der Waals surface area contributed by atoms with Crippen molar-refractivity contribution in [2.75, 3.05) is 31.5 Å². The van der Waals surface area contributed by atoms with E-state index in [9.17, 15) is 26.0 Å². The van der Waals surface area contributed by atoms with Crippen molar-refractivity contribution in [3.05, 3.63) is 71.2 Å². The minimum atomic E-state index is -4.40. The molecule has 210 valence electrons. The number of piperazine rings is 1. The lowest BCUT2D eigenvalue weighted by Gasteiger charge is -2.42. The van der Waals surface area contributed by atoms with Crippen LogP contribution in [0.1, 0.15) is 29.7 Å². The number of benzene rings is 2. The molecule has 2 atom stereocenters. The van der Waals surface area contributed by atoms with Gasteiger partial charge in [-0.3, -0.25) is 9.58 Å². The minimum absolute atomic E-state index is 0.0145. The van der Waals surface area contributed by atoms with Crippen molar-refractivity contribution in [3.63, 3.8) is 0 Å². The van der Waals surface area contributed by atoms with E-state index in [1.807, 2.05) is 0 Å². The van der Waals surface area contributed by atoms with Crippen molar-refractivity contribution in [2.45, 2.75) is 31.1 Å². The van der Waals surface area contributed by atoms with Crippen LogP contribution in [0.2, 0.25) is 0 Å². The van der Waals surface area contributed by atoms with Gasteiger partial charge in [0.1, 0.15) is 5.82 Å². The van der Waals surface area contributed by atoms with Crippen molar-refractivity contribution < 1.29 is 26.0 Å². The summed E-state index contributed by atoms with van der Waals surface area (Å²) in [6.45, 7) is 2.62. The zero-order valence-electron chi connectivity index (χ0n) is 21.7. The molecule has 39 heavy (non-hydrogen) atoms. The number of nitrogens with zero attached hydrogens (tertiary/aromatic N) is 4. The summed E-state index contributed by atoms with van der Waals surface area (Å²) in [7, 11) is -2.38. The van der Waals surface area contributed by atoms with Crippen molar-refractivity contribution >= 4 is 27.6 Å². The van der Waals surface area contributed by atoms with Crippen LogP contribution in [0.25, 0.3) is 0 Å². The molecule has 1 aromatic heterocycles. The van der Waals surface area contributed by atoms with E-state index in [4.69, 9.17) is 5.41 Å². The van der Waals surface area contributed by atoms with E-state index >= 15 is 0 Å². The van der Waals surface area contributed by atoms with Crippen LogP contribution in [0.15, 0.2) is 53.7 Å². The third-order valence-corrected chi connectivity index (χ3v) is 8.65. The van der Waals surface area contributed by atoms with Crippen LogP contribution in [0.5, 0.6) is 0 Å². The van der Waals surface area contributed by atoms with E-state index in [2.05, 4.69) is 10.4 Å². The maximum absolute atomic E-state index is 13.5. The first-order valence-corrected chi connectivity index (χ1v) is 13.7. The fourth-order valence-corrected chi connectivity index (χ4v) is 6.05. The van der Waals surface area contributed by atoms with Crippen LogP contribution < -0.4 is 5.32 Å². The normalized spacial score (nSPS) is 18.2. The van der Waals surface area contributed by atoms with Gasteiger partial charge in [0.2, 0.25) is 0 Å². The van der Waals surface area contributed by atoms with E-state index in [-0.39, 0.29) is 31.2 Å². The molecule has 2 N–H and O–H groups in total. The number of hydrogen-bond acceptors (Lipinski definition) is 6. The molecular formula is C26H30F4N6O2S. The first-order chi connectivity index (χ1) is 18.3. The average Bonchev–Trinajstić information content (AvgIpc) is 3.32. The zero-order valence-corrected chi connectivity index (χ0v) is 22.5. The lowest BCUT2D eigenvalue weighted by atomic mass is 9.94. The summed E-state index contributed by atoms with van der Waals surface area (Å²) < 4.78 is 83.1. The highest BCUT2D eigenvalue weighted by Gasteiger charge is 2.42. The van der Waals surface area contributed by atoms with Gasteiger partial charge in [0.05, 0.1) is 5.92 Å². The lowest BCUT2D eigenvalue weighted by molar-refractivity contribution is -0.176. The smallest absolute Gasteiger partial charge is 0.355 e. The average molecular weight is 567 g/mol. The number of anilines is 2. The molecule has 0 amide bonds. The molecule has 2 heterocycles. The lowest BCUT2D eigenvalue weighted by Crippen LogP contribution is -2.52. The minimum Gasteiger partial charge on any atom is -0.355 e. The largest absolute Gasteiger partial charge is 0.392 e. The number of alkyl halides is 3. The van der Waals surface area contributed by atoms with E-state index in [1.165, 1.54) is 33.4 Å². The van der Waals surface area contributed by atoms with Gasteiger partial charge in [0.25, 0.3) is 10.0 Å². The fourth-order valence-electron chi connectivity index (χ4n) is 4.66. The van der Waals surface area contributed by atoms with Gasteiger partial charge < -0.3 is 10.7 Å². The molecule has 2 aromatic carbocycles. The Balaban J connectivity index is 1.71. The molecule has 3 aromatic rings. The topological polar surface area (TPSA) is 94.3 Å². The van der Waals surface area contributed by atoms with Crippen LogP contribution in [-0.2, 0) is 17.1 Å². The Kier molecular flexibility index (Phi) is 8.14. The molecule has 1 unspecified atom stereocenters. The highest BCUT2D eigenvalue weighted by atomic mass is 32.2. The Bertz CT molecular complexity index is 1440. The monoisotopic (exact) mass is 566 g/mol. The summed E-state index contributed by atoms with van der Waals surface area (Å²) in [6.07, 6.45) is -1.78. The number of sulfonamides is 1. The number of nitrogens with one attached hydrogen (secondary N) is 2. The van der Waals surface area contributed by atoms with Crippen LogP contribution in [-0.4, -0.2) is 66.0 Å². The van der Waals surface area contributed by atoms with Gasteiger partial charge in [-0.1, -0.05) is 6.92 Å². The third kappa shape index (κ3) is 6.31. The second-order valence-corrected chi connectivity index (χ2v) is 11.6. The molecule has 8 nitrogen and oxygen atoms in total. The molecule has 0 aliphatic carbocycles. The second kappa shape index (κ2) is 11.1. The van der Waals surface area contributed by atoms with Gasteiger partial charge in [-0.2, -0.15) is 22.6 Å². The molecule has 0 radical (unpaired) electrons. The van der Waals surface area contributed by atoms with Crippen molar-refractivity contribution in [2.24, 2.45) is 13.0 Å². The van der Waals surface area contributed by atoms with Crippen molar-refractivity contribution in [1.82, 2.24) is 19.0 Å². The summed E-state index contributed by atoms with van der Waals surface area (Å²) in [4.78, 5) is 1.66. The zero-order chi connectivity index (χ0) is 28.5. The Hall–Kier alpha value is -3.29. The van der Waals surface area contributed by atoms with E-state index < -0.39 is 34.0 Å². The number of aromatic nitrogens is 2. The summed E-state index contributed by atoms with van der Waals surface area (Å²) in [5.41, 5.74) is 2.93. The first kappa shape index (κ1) is 28.7. The highest BCUT2D eigenvalue weighted by Crippen LogP contribution is 2.36. The highest BCUT2D eigenvalue weighted by molar-refractivity contribution is 7.89. The van der Waals surface area contributed by atoms with Gasteiger partial charge in [-0.15, -0.1) is 0 Å². The Labute approximate surface area is 224 Å². The van der Waals surface area contributed by atoms with Gasteiger partial charge in [-0.25, -0.2) is 12.8 Å². The van der Waals surface area contributed by atoms with E-state index in [0.29, 0.717) is 28.1 Å². The van der Waals surface area contributed by atoms with Crippen LogP contribution >= 0.6 is 0 Å². The molecular weight excluding hydrogens is 536 g/mol. The van der Waals surface area contributed by atoms with Crippen LogP contribution in [0.4, 0.5) is 28.9 Å². The first-order valence-electron chi connectivity index (χ1n) is 12.3. The number of rotatable bonds is 8. The molecule has 1 saturated heterocycles. The van der Waals surface area contributed by atoms with Gasteiger partial charge >= 0.3 is 6.18 Å². The summed E-state index contributed by atoms with van der Waals surface area (Å²) in [5.74, 6) is -2.02. The van der Waals surface area contributed by atoms with E-state index in [0.717, 1.165) is 13.1 Å². The third-order valence-electron chi connectivity index (χ3n) is 6.89. The summed E-state index contributed by atoms with van der Waals surface area (Å²) in [5, 5.41) is 15.0. The summed E-state index contributed by atoms with van der Waals surface area (Å²) >= 11 is 0. The Morgan fingerprint density at radius 1 is 1.18 bits per heavy atom. The Morgan fingerprint density at radius 2 is 1.87 bits per heavy atom. The molecule has 1 aliphatic rings. The molecule has 0 bridgehead atoms. The standard InChI is InChI=1S/C26H30F4N6O2S/c1-17-12-23(32-21-6-4-20(27)5-7-21)19(14-31)13-22(17)24-16-36(39(37,38)25-8-9-34(3)33-25)11-10-35(24)15-18(2)26(28,29)30/h4-9,12-14,18,24,31-32H,10-11,15-16H2,1-3H3/t18?,24-/m1/s1. The van der Waals surface area contributed by atoms with Crippen LogP contribution in [0, 0.1) is 24.1 Å². The number of halogens is 4. The van der Waals surface area contributed by atoms with Crippen LogP contribution in [0.3, 0.4) is 0 Å². The van der Waals surface area contributed by atoms with Gasteiger partial charge in [-0.05, 0) is 60.5 Å². The van der Waals surface area contributed by atoms with Gasteiger partial charge in [0.15, 0.2) is 5.03 Å². The fraction of sp³-hybridized carbons (Fsp3) is 0.385. The predicted octanol–water partition coefficient (Wildman–Crippen LogP) is 4.85. The van der Waals surface area contributed by atoms with Gasteiger partial charge in [0, 0.05) is 68.6 Å². The Morgan fingerprint density at radius 3 is 2.46 bits per heavy atom. The summed E-state index contributed by atoms with van der Waals surface area (Å²) in [6, 6.07) is 9.84.